The van der Waals surface area contributed by atoms with Gasteiger partial charge in [0, 0.05) is 5.56 Å². The van der Waals surface area contributed by atoms with Crippen LogP contribution in [0.15, 0.2) is 42.5 Å². The quantitative estimate of drug-likeness (QED) is 0.898. The lowest BCUT2D eigenvalue weighted by molar-refractivity contribution is 0.0935. The lowest BCUT2D eigenvalue weighted by Crippen LogP contribution is -2.28. The number of amides is 1. The minimum absolute atomic E-state index is 0.0143. The van der Waals surface area contributed by atoms with Gasteiger partial charge in [-0.05, 0) is 43.5 Å². The molecule has 0 aliphatic rings. The summed E-state index contributed by atoms with van der Waals surface area (Å²) in [5, 5.41) is 3.10. The van der Waals surface area contributed by atoms with E-state index >= 15 is 0 Å². The number of carbonyl (C=O) groups is 1. The highest BCUT2D eigenvalue weighted by molar-refractivity contribution is 5.95. The summed E-state index contributed by atoms with van der Waals surface area (Å²) in [5.74, 6) is 0.654. The topological polar surface area (TPSA) is 38.3 Å². The summed E-state index contributed by atoms with van der Waals surface area (Å²) in [6.45, 7) is 6.09. The standard InChI is InChI=1S/C19H23NO2/c1-5-17(15-9-6-13(2)7-10-15)20-19(21)16-11-8-14(3)18(12-16)22-4/h6-12,17H,5H2,1-4H3,(H,20,21)/t17-/m1/s1. The zero-order valence-corrected chi connectivity index (χ0v) is 13.6. The lowest BCUT2D eigenvalue weighted by atomic mass is 10.0. The predicted molar refractivity (Wildman–Crippen MR) is 89.4 cm³/mol. The average molecular weight is 297 g/mol. The van der Waals surface area contributed by atoms with Crippen molar-refractivity contribution >= 4 is 5.91 Å². The molecule has 0 saturated carbocycles. The number of hydrogen-bond donors (Lipinski definition) is 1. The van der Waals surface area contributed by atoms with Crippen LogP contribution in [0.3, 0.4) is 0 Å². The van der Waals surface area contributed by atoms with E-state index in [9.17, 15) is 4.79 Å². The highest BCUT2D eigenvalue weighted by atomic mass is 16.5. The Labute approximate surface area is 132 Å². The number of hydrogen-bond acceptors (Lipinski definition) is 2. The van der Waals surface area contributed by atoms with Crippen LogP contribution in [0.4, 0.5) is 0 Å². The molecule has 0 bridgehead atoms. The number of ether oxygens (including phenoxy) is 1. The van der Waals surface area contributed by atoms with Crippen LogP contribution in [0.25, 0.3) is 0 Å². The minimum Gasteiger partial charge on any atom is -0.496 e. The molecule has 0 unspecified atom stereocenters. The molecule has 0 aromatic heterocycles. The van der Waals surface area contributed by atoms with E-state index in [1.807, 2.05) is 19.1 Å². The van der Waals surface area contributed by atoms with Gasteiger partial charge < -0.3 is 10.1 Å². The van der Waals surface area contributed by atoms with Crippen LogP contribution in [0.2, 0.25) is 0 Å². The van der Waals surface area contributed by atoms with Crippen LogP contribution >= 0.6 is 0 Å². The van der Waals surface area contributed by atoms with Crippen molar-refractivity contribution in [1.82, 2.24) is 5.32 Å². The van der Waals surface area contributed by atoms with Crippen molar-refractivity contribution in [1.29, 1.82) is 0 Å². The Morgan fingerprint density at radius 3 is 2.41 bits per heavy atom. The van der Waals surface area contributed by atoms with Crippen LogP contribution < -0.4 is 10.1 Å². The van der Waals surface area contributed by atoms with E-state index in [-0.39, 0.29) is 11.9 Å². The first-order valence-electron chi connectivity index (χ1n) is 7.57. The van der Waals surface area contributed by atoms with Crippen molar-refractivity contribution in [2.45, 2.75) is 33.2 Å². The minimum atomic E-state index is -0.0780. The Bertz CT molecular complexity index is 647. The van der Waals surface area contributed by atoms with E-state index in [0.29, 0.717) is 5.56 Å². The zero-order chi connectivity index (χ0) is 16.1. The molecule has 0 spiro atoms. The van der Waals surface area contributed by atoms with Crippen LogP contribution in [-0.2, 0) is 0 Å². The van der Waals surface area contributed by atoms with Gasteiger partial charge in [0.15, 0.2) is 0 Å². The Balaban J connectivity index is 2.17. The van der Waals surface area contributed by atoms with Gasteiger partial charge in [0.05, 0.1) is 13.2 Å². The smallest absolute Gasteiger partial charge is 0.251 e. The maximum atomic E-state index is 12.5. The van der Waals surface area contributed by atoms with E-state index in [2.05, 4.69) is 43.4 Å². The summed E-state index contributed by atoms with van der Waals surface area (Å²) < 4.78 is 5.28. The SMILES string of the molecule is CC[C@@H](NC(=O)c1ccc(C)c(OC)c1)c1ccc(C)cc1. The second kappa shape index (κ2) is 7.12. The van der Waals surface area contributed by atoms with Crippen molar-refractivity contribution in [2.75, 3.05) is 7.11 Å². The van der Waals surface area contributed by atoms with Crippen LogP contribution in [0, 0.1) is 13.8 Å². The fraction of sp³-hybridized carbons (Fsp3) is 0.316. The maximum absolute atomic E-state index is 12.5. The second-order valence-corrected chi connectivity index (χ2v) is 5.53. The maximum Gasteiger partial charge on any atom is 0.251 e. The second-order valence-electron chi connectivity index (χ2n) is 5.53. The predicted octanol–water partition coefficient (Wildman–Crippen LogP) is 4.19. The number of methoxy groups -OCH3 is 1. The molecule has 2 aromatic rings. The number of carbonyl (C=O) groups excluding carboxylic acids is 1. The largest absolute Gasteiger partial charge is 0.496 e. The van der Waals surface area contributed by atoms with Gasteiger partial charge in [-0.1, -0.05) is 42.8 Å². The van der Waals surface area contributed by atoms with Gasteiger partial charge in [-0.3, -0.25) is 4.79 Å². The van der Waals surface area contributed by atoms with Gasteiger partial charge in [0.1, 0.15) is 5.75 Å². The van der Waals surface area contributed by atoms with Crippen LogP contribution in [0.5, 0.6) is 5.75 Å². The molecule has 0 radical (unpaired) electrons. The number of aryl methyl sites for hydroxylation is 2. The van der Waals surface area contributed by atoms with Crippen molar-refractivity contribution in [2.24, 2.45) is 0 Å². The molecule has 0 aliphatic heterocycles. The molecule has 0 saturated heterocycles. The molecule has 3 heteroatoms. The lowest BCUT2D eigenvalue weighted by Gasteiger charge is -2.18. The molecule has 0 fully saturated rings. The first kappa shape index (κ1) is 16.1. The van der Waals surface area contributed by atoms with E-state index < -0.39 is 0 Å². The van der Waals surface area contributed by atoms with Crippen molar-refractivity contribution < 1.29 is 9.53 Å². The molecule has 1 atom stereocenters. The third-order valence-corrected chi connectivity index (χ3v) is 3.86. The molecule has 0 aliphatic carbocycles. The molecular formula is C19H23NO2. The highest BCUT2D eigenvalue weighted by Crippen LogP contribution is 2.21. The third kappa shape index (κ3) is 3.67. The molecule has 3 nitrogen and oxygen atoms in total. The van der Waals surface area contributed by atoms with E-state index in [1.165, 1.54) is 5.56 Å². The van der Waals surface area contributed by atoms with Crippen LogP contribution in [0.1, 0.15) is 46.4 Å². The molecular weight excluding hydrogens is 274 g/mol. The van der Waals surface area contributed by atoms with Crippen molar-refractivity contribution in [3.63, 3.8) is 0 Å². The Hall–Kier alpha value is -2.29. The highest BCUT2D eigenvalue weighted by Gasteiger charge is 2.15. The Kier molecular flexibility index (Phi) is 5.21. The first-order chi connectivity index (χ1) is 10.5. The molecule has 1 N–H and O–H groups in total. The molecule has 2 rings (SSSR count). The van der Waals surface area contributed by atoms with Crippen LogP contribution in [-0.4, -0.2) is 13.0 Å². The van der Waals surface area contributed by atoms with Gasteiger partial charge in [-0.2, -0.15) is 0 Å². The summed E-state index contributed by atoms with van der Waals surface area (Å²) in [6.07, 6.45) is 0.845. The molecule has 2 aromatic carbocycles. The average Bonchev–Trinajstić information content (AvgIpc) is 2.53. The van der Waals surface area contributed by atoms with Gasteiger partial charge in [-0.25, -0.2) is 0 Å². The Morgan fingerprint density at radius 2 is 1.82 bits per heavy atom. The van der Waals surface area contributed by atoms with E-state index in [4.69, 9.17) is 4.74 Å². The van der Waals surface area contributed by atoms with Crippen molar-refractivity contribution in [3.05, 3.63) is 64.7 Å². The fourth-order valence-electron chi connectivity index (χ4n) is 2.42. The molecule has 22 heavy (non-hydrogen) atoms. The number of benzene rings is 2. The number of rotatable bonds is 5. The summed E-state index contributed by atoms with van der Waals surface area (Å²) in [4.78, 5) is 12.5. The fourth-order valence-corrected chi connectivity index (χ4v) is 2.42. The zero-order valence-electron chi connectivity index (χ0n) is 13.6. The summed E-state index contributed by atoms with van der Waals surface area (Å²) in [6, 6.07) is 13.8. The summed E-state index contributed by atoms with van der Waals surface area (Å²) in [5.41, 5.74) is 3.98. The summed E-state index contributed by atoms with van der Waals surface area (Å²) in [7, 11) is 1.62. The molecule has 116 valence electrons. The summed E-state index contributed by atoms with van der Waals surface area (Å²) >= 11 is 0. The Morgan fingerprint density at radius 1 is 1.14 bits per heavy atom. The van der Waals surface area contributed by atoms with Gasteiger partial charge in [0.2, 0.25) is 0 Å². The molecule has 1 amide bonds. The monoisotopic (exact) mass is 297 g/mol. The van der Waals surface area contributed by atoms with E-state index in [0.717, 1.165) is 23.3 Å². The third-order valence-electron chi connectivity index (χ3n) is 3.86. The van der Waals surface area contributed by atoms with Gasteiger partial charge in [-0.15, -0.1) is 0 Å². The van der Waals surface area contributed by atoms with Crippen molar-refractivity contribution in [3.8, 4) is 5.75 Å². The van der Waals surface area contributed by atoms with Gasteiger partial charge in [0.25, 0.3) is 5.91 Å². The first-order valence-corrected chi connectivity index (χ1v) is 7.57. The van der Waals surface area contributed by atoms with Gasteiger partial charge >= 0.3 is 0 Å². The number of nitrogens with one attached hydrogen (secondary N) is 1. The van der Waals surface area contributed by atoms with E-state index in [1.54, 1.807) is 13.2 Å². The molecule has 0 heterocycles. The normalized spacial score (nSPS) is 11.8.